The molecule has 300 valence electrons. The molecule has 0 saturated heterocycles. The summed E-state index contributed by atoms with van der Waals surface area (Å²) in [7, 11) is 2.81. The van der Waals surface area contributed by atoms with Crippen molar-refractivity contribution < 1.29 is 57.2 Å². The highest BCUT2D eigenvalue weighted by Gasteiger charge is 2.31. The van der Waals surface area contributed by atoms with Crippen molar-refractivity contribution in [3.8, 4) is 23.0 Å². The van der Waals surface area contributed by atoms with E-state index in [0.29, 0.717) is 11.1 Å². The van der Waals surface area contributed by atoms with Gasteiger partial charge in [-0.25, -0.2) is 0 Å². The third kappa shape index (κ3) is 16.3. The fourth-order valence-electron chi connectivity index (χ4n) is 5.09. The van der Waals surface area contributed by atoms with Crippen LogP contribution in [0.3, 0.4) is 0 Å². The number of rotatable bonds is 18. The van der Waals surface area contributed by atoms with Crippen molar-refractivity contribution in [1.29, 1.82) is 0 Å². The second-order valence-corrected chi connectivity index (χ2v) is 15.7. The average molecular weight is 765 g/mol. The van der Waals surface area contributed by atoms with Gasteiger partial charge in [-0.1, -0.05) is 52.0 Å². The Kier molecular flexibility index (Phi) is 17.0. The molecule has 0 spiro atoms. The Morgan fingerprint density at radius 1 is 0.564 bits per heavy atom. The summed E-state index contributed by atoms with van der Waals surface area (Å²) in [5, 5.41) is 0. The van der Waals surface area contributed by atoms with Gasteiger partial charge in [0.1, 0.15) is 11.2 Å². The van der Waals surface area contributed by atoms with E-state index in [1.807, 2.05) is 27.7 Å². The van der Waals surface area contributed by atoms with Gasteiger partial charge < -0.3 is 28.4 Å². The van der Waals surface area contributed by atoms with Gasteiger partial charge in [-0.15, -0.1) is 0 Å². The van der Waals surface area contributed by atoms with Crippen molar-refractivity contribution in [3.63, 3.8) is 0 Å². The number of hydrogen-bond donors (Lipinski definition) is 0. The zero-order chi connectivity index (χ0) is 41.7. The van der Waals surface area contributed by atoms with Crippen molar-refractivity contribution in [1.82, 2.24) is 0 Å². The minimum absolute atomic E-state index is 0.136. The summed E-state index contributed by atoms with van der Waals surface area (Å²) in [6.07, 6.45) is 4.88. The number of ketones is 2. The lowest BCUT2D eigenvalue weighted by molar-refractivity contribution is -0.160. The van der Waals surface area contributed by atoms with E-state index >= 15 is 0 Å². The molecule has 2 aromatic rings. The van der Waals surface area contributed by atoms with Crippen molar-refractivity contribution >= 4 is 47.6 Å². The van der Waals surface area contributed by atoms with Crippen LogP contribution in [0.4, 0.5) is 0 Å². The van der Waals surface area contributed by atoms with E-state index in [-0.39, 0.29) is 47.7 Å². The molecule has 0 aliphatic carbocycles. The molecule has 0 aromatic heterocycles. The van der Waals surface area contributed by atoms with Crippen LogP contribution in [-0.4, -0.2) is 60.9 Å². The average Bonchev–Trinajstić information content (AvgIpc) is 3.06. The highest BCUT2D eigenvalue weighted by atomic mass is 16.6. The maximum Gasteiger partial charge on any atom is 0.315 e. The lowest BCUT2D eigenvalue weighted by atomic mass is 9.92. The second-order valence-electron chi connectivity index (χ2n) is 15.7. The Balaban J connectivity index is 2.05. The van der Waals surface area contributed by atoms with E-state index in [1.54, 1.807) is 65.8 Å². The molecule has 2 atom stereocenters. The monoisotopic (exact) mass is 764 g/mol. The van der Waals surface area contributed by atoms with E-state index in [4.69, 9.17) is 28.4 Å². The molecular weight excluding hydrogens is 708 g/mol. The van der Waals surface area contributed by atoms with Crippen LogP contribution >= 0.6 is 0 Å². The van der Waals surface area contributed by atoms with Gasteiger partial charge in [0, 0.05) is 0 Å². The summed E-state index contributed by atoms with van der Waals surface area (Å²) < 4.78 is 32.8. The first kappa shape index (κ1) is 45.9. The van der Waals surface area contributed by atoms with Crippen LogP contribution in [0.25, 0.3) is 12.2 Å². The van der Waals surface area contributed by atoms with Crippen LogP contribution in [0.2, 0.25) is 0 Å². The van der Waals surface area contributed by atoms with E-state index < -0.39 is 64.9 Å². The lowest BCUT2D eigenvalue weighted by Gasteiger charge is -2.23. The zero-order valence-electron chi connectivity index (χ0n) is 34.1. The van der Waals surface area contributed by atoms with Crippen LogP contribution in [-0.2, 0) is 38.2 Å². The van der Waals surface area contributed by atoms with Gasteiger partial charge in [0.15, 0.2) is 34.6 Å². The Bertz CT molecular complexity index is 1620. The number of carbonyl (C=O) groups excluding carboxylic acids is 6. The van der Waals surface area contributed by atoms with Crippen molar-refractivity contribution in [2.75, 3.05) is 14.2 Å². The molecule has 0 bridgehead atoms. The van der Waals surface area contributed by atoms with Gasteiger partial charge in [0.25, 0.3) is 0 Å². The number of hydrogen-bond acceptors (Lipinski definition) is 12. The van der Waals surface area contributed by atoms with Gasteiger partial charge in [0.2, 0.25) is 0 Å². The standard InChI is InChI=1S/C43H56O12/c1-26(2)32(24-38(46)54-42(5,6)7)40(48)52-34-19-15-28(21-36(34)50-11)13-17-30(44)23-31(45)18-14-29-16-20-35(37(22-29)51-12)53-41(49)33(27(3)4)25-39(47)55-43(8,9)10/h13-22,26-27,32-33H,23-25H2,1-12H3/b17-13+,18-14+/t32-,33-/m0/s1. The Morgan fingerprint density at radius 2 is 0.909 bits per heavy atom. The predicted octanol–water partition coefficient (Wildman–Crippen LogP) is 7.78. The normalized spacial score (nSPS) is 13.1. The lowest BCUT2D eigenvalue weighted by Crippen LogP contribution is -2.31. The largest absolute Gasteiger partial charge is 0.493 e. The Hall–Kier alpha value is -5.26. The minimum Gasteiger partial charge on any atom is -0.493 e. The van der Waals surface area contributed by atoms with Crippen LogP contribution in [0, 0.1) is 23.7 Å². The topological polar surface area (TPSA) is 158 Å². The van der Waals surface area contributed by atoms with E-state index in [1.165, 1.54) is 50.7 Å². The molecule has 12 heteroatoms. The fourth-order valence-corrected chi connectivity index (χ4v) is 5.09. The van der Waals surface area contributed by atoms with Crippen LogP contribution in [0.15, 0.2) is 48.6 Å². The number of esters is 4. The zero-order valence-corrected chi connectivity index (χ0v) is 34.1. The van der Waals surface area contributed by atoms with Crippen LogP contribution < -0.4 is 18.9 Å². The molecule has 2 aromatic carbocycles. The molecular formula is C43H56O12. The number of allylic oxidation sites excluding steroid dienone is 2. The second kappa shape index (κ2) is 20.4. The summed E-state index contributed by atoms with van der Waals surface area (Å²) in [4.78, 5) is 76.1. The van der Waals surface area contributed by atoms with Crippen LogP contribution in [0.5, 0.6) is 23.0 Å². The summed E-state index contributed by atoms with van der Waals surface area (Å²) in [5.41, 5.74) is -0.260. The Labute approximate surface area is 324 Å². The van der Waals surface area contributed by atoms with Gasteiger partial charge in [0.05, 0.1) is 45.3 Å². The molecule has 12 nitrogen and oxygen atoms in total. The first-order chi connectivity index (χ1) is 25.5. The summed E-state index contributed by atoms with van der Waals surface area (Å²) in [6, 6.07) is 9.43. The molecule has 55 heavy (non-hydrogen) atoms. The third-order valence-corrected chi connectivity index (χ3v) is 7.90. The van der Waals surface area contributed by atoms with E-state index in [9.17, 15) is 28.8 Å². The summed E-state index contributed by atoms with van der Waals surface area (Å²) in [6.45, 7) is 17.8. The van der Waals surface area contributed by atoms with Gasteiger partial charge >= 0.3 is 23.9 Å². The molecule has 0 unspecified atom stereocenters. The molecule has 0 heterocycles. The smallest absolute Gasteiger partial charge is 0.315 e. The van der Waals surface area contributed by atoms with Crippen LogP contribution in [0.1, 0.15) is 99.6 Å². The quantitative estimate of drug-likeness (QED) is 0.0629. The molecule has 0 saturated carbocycles. The first-order valence-electron chi connectivity index (χ1n) is 18.2. The van der Waals surface area contributed by atoms with E-state index in [0.717, 1.165) is 0 Å². The fraction of sp³-hybridized carbons (Fsp3) is 0.488. The van der Waals surface area contributed by atoms with Crippen molar-refractivity contribution in [2.24, 2.45) is 23.7 Å². The predicted molar refractivity (Wildman–Crippen MR) is 208 cm³/mol. The molecule has 0 aliphatic heterocycles. The number of carbonyl (C=O) groups is 6. The highest BCUT2D eigenvalue weighted by molar-refractivity contribution is 6.11. The molecule has 0 amide bonds. The maximum atomic E-state index is 13.0. The van der Waals surface area contributed by atoms with Crippen molar-refractivity contribution in [2.45, 2.75) is 99.7 Å². The summed E-state index contributed by atoms with van der Waals surface area (Å²) in [5.74, 6) is -4.21. The SMILES string of the molecule is COc1cc(/C=C/C(=O)CC(=O)/C=C/c2ccc(OC(=O)[C@@H](CC(=O)OC(C)(C)C)C(C)C)c(OC)c2)ccc1OC(=O)[C@@H](CC(=O)OC(C)(C)C)C(C)C. The molecule has 0 N–H and O–H groups in total. The number of benzene rings is 2. The Morgan fingerprint density at radius 3 is 1.20 bits per heavy atom. The molecule has 0 fully saturated rings. The first-order valence-corrected chi connectivity index (χ1v) is 18.2. The molecule has 2 rings (SSSR count). The number of ether oxygens (including phenoxy) is 6. The van der Waals surface area contributed by atoms with Gasteiger partial charge in [-0.2, -0.15) is 0 Å². The van der Waals surface area contributed by atoms with Gasteiger partial charge in [-0.05, 0) is 101 Å². The van der Waals surface area contributed by atoms with Crippen molar-refractivity contribution in [3.05, 3.63) is 59.7 Å². The summed E-state index contributed by atoms with van der Waals surface area (Å²) >= 11 is 0. The van der Waals surface area contributed by atoms with E-state index in [2.05, 4.69) is 0 Å². The maximum absolute atomic E-state index is 13.0. The minimum atomic E-state index is -0.740. The molecule has 0 radical (unpaired) electrons. The molecule has 0 aliphatic rings. The third-order valence-electron chi connectivity index (χ3n) is 7.90. The van der Waals surface area contributed by atoms with Gasteiger partial charge in [-0.3, -0.25) is 28.8 Å². The number of methoxy groups -OCH3 is 2. The highest BCUT2D eigenvalue weighted by Crippen LogP contribution is 2.32.